The molecule has 21 heavy (non-hydrogen) atoms. The molecule has 3 nitrogen and oxygen atoms in total. The summed E-state index contributed by atoms with van der Waals surface area (Å²) >= 11 is 0. The van der Waals surface area contributed by atoms with Crippen molar-refractivity contribution in [1.82, 2.24) is 5.32 Å². The number of amides is 1. The van der Waals surface area contributed by atoms with Crippen molar-refractivity contribution in [1.29, 1.82) is 0 Å². The number of nitrogens with one attached hydrogen (secondary N) is 1. The maximum atomic E-state index is 12.3. The van der Waals surface area contributed by atoms with Crippen LogP contribution in [0.5, 0.6) is 0 Å². The van der Waals surface area contributed by atoms with Gasteiger partial charge in [-0.1, -0.05) is 44.2 Å². The van der Waals surface area contributed by atoms with E-state index in [0.29, 0.717) is 12.1 Å². The van der Waals surface area contributed by atoms with E-state index >= 15 is 0 Å². The van der Waals surface area contributed by atoms with Crippen molar-refractivity contribution in [2.24, 2.45) is 5.41 Å². The average Bonchev–Trinajstić information content (AvgIpc) is 2.56. The summed E-state index contributed by atoms with van der Waals surface area (Å²) in [5.41, 5.74) is 0.444. The van der Waals surface area contributed by atoms with Gasteiger partial charge in [0.15, 0.2) is 0 Å². The summed E-state index contributed by atoms with van der Waals surface area (Å²) in [5.74, 6) is -0.0829. The van der Waals surface area contributed by atoms with Gasteiger partial charge in [-0.25, -0.2) is 0 Å². The molecule has 3 heteroatoms. The van der Waals surface area contributed by atoms with Gasteiger partial charge in [0.1, 0.15) is 0 Å². The lowest BCUT2D eigenvalue weighted by Crippen LogP contribution is -2.39. The number of aliphatic hydroxyl groups excluding tert-OH is 1. The Morgan fingerprint density at radius 2 is 1.76 bits per heavy atom. The molecule has 0 saturated carbocycles. The second-order valence-electron chi connectivity index (χ2n) is 5.61. The molecule has 0 atom stereocenters. The van der Waals surface area contributed by atoms with E-state index in [9.17, 15) is 9.90 Å². The zero-order valence-electron chi connectivity index (χ0n) is 12.7. The maximum Gasteiger partial charge on any atom is 0.251 e. The maximum absolute atomic E-state index is 12.3. The van der Waals surface area contributed by atoms with Crippen LogP contribution in [0.1, 0.15) is 37.0 Å². The van der Waals surface area contributed by atoms with Crippen molar-refractivity contribution >= 4 is 16.7 Å². The zero-order chi connectivity index (χ0) is 15.3. The average molecular weight is 285 g/mol. The summed E-state index contributed by atoms with van der Waals surface area (Å²) in [4.78, 5) is 12.3. The van der Waals surface area contributed by atoms with Crippen molar-refractivity contribution in [2.45, 2.75) is 26.7 Å². The number of rotatable bonds is 6. The lowest BCUT2D eigenvalue weighted by Gasteiger charge is -2.29. The van der Waals surface area contributed by atoms with Crippen LogP contribution >= 0.6 is 0 Å². The Morgan fingerprint density at radius 1 is 1.10 bits per heavy atom. The van der Waals surface area contributed by atoms with E-state index in [-0.39, 0.29) is 17.9 Å². The Bertz CT molecular complexity index is 609. The number of fused-ring (bicyclic) bond motifs is 1. The molecule has 0 radical (unpaired) electrons. The number of benzene rings is 2. The molecule has 2 rings (SSSR count). The van der Waals surface area contributed by atoms with Gasteiger partial charge in [-0.15, -0.1) is 0 Å². The van der Waals surface area contributed by atoms with Gasteiger partial charge in [0.05, 0.1) is 6.61 Å². The van der Waals surface area contributed by atoms with Crippen LogP contribution in [-0.2, 0) is 0 Å². The Hall–Kier alpha value is -1.87. The molecule has 0 saturated heterocycles. The van der Waals surface area contributed by atoms with Gasteiger partial charge in [0.2, 0.25) is 0 Å². The highest BCUT2D eigenvalue weighted by Gasteiger charge is 2.25. The summed E-state index contributed by atoms with van der Waals surface area (Å²) in [7, 11) is 0. The highest BCUT2D eigenvalue weighted by Crippen LogP contribution is 2.24. The second-order valence-corrected chi connectivity index (χ2v) is 5.61. The fourth-order valence-corrected chi connectivity index (χ4v) is 2.48. The first-order valence-electron chi connectivity index (χ1n) is 7.52. The summed E-state index contributed by atoms with van der Waals surface area (Å²) in [6.07, 6.45) is 1.69. The van der Waals surface area contributed by atoms with Crippen LogP contribution in [0.3, 0.4) is 0 Å². The normalized spacial score (nSPS) is 11.6. The minimum Gasteiger partial charge on any atom is -0.396 e. The fraction of sp³-hybridized carbons (Fsp3) is 0.389. The van der Waals surface area contributed by atoms with Crippen molar-refractivity contribution in [2.75, 3.05) is 13.2 Å². The molecule has 112 valence electrons. The largest absolute Gasteiger partial charge is 0.396 e. The molecule has 1 amide bonds. The van der Waals surface area contributed by atoms with Crippen LogP contribution in [0.4, 0.5) is 0 Å². The van der Waals surface area contributed by atoms with Gasteiger partial charge in [-0.2, -0.15) is 0 Å². The summed E-state index contributed by atoms with van der Waals surface area (Å²) < 4.78 is 0. The Morgan fingerprint density at radius 3 is 2.38 bits per heavy atom. The van der Waals surface area contributed by atoms with Gasteiger partial charge in [0.25, 0.3) is 5.91 Å². The van der Waals surface area contributed by atoms with Gasteiger partial charge < -0.3 is 10.4 Å². The van der Waals surface area contributed by atoms with Crippen molar-refractivity contribution in [3.05, 3.63) is 48.0 Å². The molecule has 2 aromatic carbocycles. The van der Waals surface area contributed by atoms with Gasteiger partial charge in [-0.05, 0) is 35.7 Å². The lowest BCUT2D eigenvalue weighted by molar-refractivity contribution is 0.0851. The smallest absolute Gasteiger partial charge is 0.251 e. The van der Waals surface area contributed by atoms with Crippen LogP contribution in [0.15, 0.2) is 42.5 Å². The molecular weight excluding hydrogens is 262 g/mol. The molecule has 0 heterocycles. The van der Waals surface area contributed by atoms with Gasteiger partial charge in [-0.3, -0.25) is 4.79 Å². The monoisotopic (exact) mass is 285 g/mol. The molecule has 0 aliphatic heterocycles. The van der Waals surface area contributed by atoms with E-state index in [1.807, 2.05) is 56.3 Å². The molecule has 0 aliphatic carbocycles. The third-order valence-corrected chi connectivity index (χ3v) is 4.47. The highest BCUT2D eigenvalue weighted by atomic mass is 16.3. The summed E-state index contributed by atoms with van der Waals surface area (Å²) in [6, 6.07) is 13.7. The third-order valence-electron chi connectivity index (χ3n) is 4.47. The standard InChI is InChI=1S/C18H23NO2/c1-3-18(4-2,13-20)12-19-17(21)16-10-9-14-7-5-6-8-15(14)11-16/h5-11,20H,3-4,12-13H2,1-2H3,(H,19,21). The first-order valence-corrected chi connectivity index (χ1v) is 7.52. The third kappa shape index (κ3) is 3.42. The minimum absolute atomic E-state index is 0.0829. The quantitative estimate of drug-likeness (QED) is 0.855. The Kier molecular flexibility index (Phi) is 4.97. The number of aliphatic hydroxyl groups is 1. The molecule has 0 spiro atoms. The highest BCUT2D eigenvalue weighted by molar-refractivity contribution is 5.98. The van der Waals surface area contributed by atoms with Crippen molar-refractivity contribution in [3.63, 3.8) is 0 Å². The van der Waals surface area contributed by atoms with E-state index in [1.165, 1.54) is 0 Å². The fourth-order valence-electron chi connectivity index (χ4n) is 2.48. The summed E-state index contributed by atoms with van der Waals surface area (Å²) in [5, 5.41) is 14.7. The molecule has 0 bridgehead atoms. The number of hydrogen-bond acceptors (Lipinski definition) is 2. The van der Waals surface area contributed by atoms with Crippen molar-refractivity contribution < 1.29 is 9.90 Å². The van der Waals surface area contributed by atoms with E-state index in [4.69, 9.17) is 0 Å². The predicted octanol–water partition coefficient (Wildman–Crippen LogP) is 3.37. The van der Waals surface area contributed by atoms with Crippen LogP contribution in [0, 0.1) is 5.41 Å². The molecule has 2 aromatic rings. The molecule has 0 fully saturated rings. The Balaban J connectivity index is 2.11. The van der Waals surface area contributed by atoms with Crippen LogP contribution in [0.2, 0.25) is 0 Å². The molecular formula is C18H23NO2. The first-order chi connectivity index (χ1) is 10.1. The van der Waals surface area contributed by atoms with Gasteiger partial charge in [0, 0.05) is 17.5 Å². The van der Waals surface area contributed by atoms with Crippen LogP contribution < -0.4 is 5.32 Å². The van der Waals surface area contributed by atoms with Crippen molar-refractivity contribution in [3.8, 4) is 0 Å². The lowest BCUT2D eigenvalue weighted by atomic mass is 9.83. The zero-order valence-corrected chi connectivity index (χ0v) is 12.7. The number of hydrogen-bond donors (Lipinski definition) is 2. The second kappa shape index (κ2) is 6.72. The Labute approximate surface area is 126 Å². The SMILES string of the molecule is CCC(CC)(CO)CNC(=O)c1ccc2ccccc2c1. The molecule has 2 N–H and O–H groups in total. The van der Waals surface area contributed by atoms with E-state index in [0.717, 1.165) is 23.6 Å². The van der Waals surface area contributed by atoms with E-state index < -0.39 is 0 Å². The molecule has 0 aliphatic rings. The van der Waals surface area contributed by atoms with Crippen LogP contribution in [0.25, 0.3) is 10.8 Å². The van der Waals surface area contributed by atoms with E-state index in [1.54, 1.807) is 0 Å². The van der Waals surface area contributed by atoms with E-state index in [2.05, 4.69) is 5.32 Å². The predicted molar refractivity (Wildman–Crippen MR) is 86.4 cm³/mol. The molecule has 0 unspecified atom stereocenters. The van der Waals surface area contributed by atoms with Gasteiger partial charge >= 0.3 is 0 Å². The topological polar surface area (TPSA) is 49.3 Å². The minimum atomic E-state index is -0.216. The number of carbonyl (C=O) groups excluding carboxylic acids is 1. The first kappa shape index (κ1) is 15.5. The number of carbonyl (C=O) groups is 1. The summed E-state index contributed by atoms with van der Waals surface area (Å²) in [6.45, 7) is 4.68. The molecule has 0 aromatic heterocycles. The van der Waals surface area contributed by atoms with Crippen LogP contribution in [-0.4, -0.2) is 24.2 Å².